The van der Waals surface area contributed by atoms with Crippen molar-refractivity contribution in [2.24, 2.45) is 0 Å². The number of carbonyl (C=O) groups is 1. The SMILES string of the molecule is COc1ccc(CC(=O)NCc2ccc(Cn3cccn3)cc2)c(OC)c1OC. The Balaban J connectivity index is 1.58. The molecule has 152 valence electrons. The lowest BCUT2D eigenvalue weighted by Crippen LogP contribution is -2.24. The number of rotatable bonds is 9. The second-order valence-electron chi connectivity index (χ2n) is 6.47. The fourth-order valence-corrected chi connectivity index (χ4v) is 3.08. The third-order valence-corrected chi connectivity index (χ3v) is 4.55. The summed E-state index contributed by atoms with van der Waals surface area (Å²) in [6, 6.07) is 13.6. The van der Waals surface area contributed by atoms with Crippen molar-refractivity contribution < 1.29 is 19.0 Å². The number of methoxy groups -OCH3 is 3. The number of hydrogen-bond acceptors (Lipinski definition) is 5. The van der Waals surface area contributed by atoms with E-state index in [2.05, 4.69) is 10.4 Å². The largest absolute Gasteiger partial charge is 0.493 e. The lowest BCUT2D eigenvalue weighted by Gasteiger charge is -2.15. The Morgan fingerprint density at radius 3 is 2.31 bits per heavy atom. The number of hydrogen-bond donors (Lipinski definition) is 1. The Morgan fingerprint density at radius 2 is 1.69 bits per heavy atom. The number of amides is 1. The Bertz CT molecular complexity index is 937. The van der Waals surface area contributed by atoms with Crippen LogP contribution in [0.1, 0.15) is 16.7 Å². The van der Waals surface area contributed by atoms with Gasteiger partial charge in [-0.15, -0.1) is 0 Å². The van der Waals surface area contributed by atoms with Gasteiger partial charge in [0.15, 0.2) is 11.5 Å². The van der Waals surface area contributed by atoms with Gasteiger partial charge in [-0.3, -0.25) is 9.48 Å². The van der Waals surface area contributed by atoms with Gasteiger partial charge in [-0.1, -0.05) is 30.3 Å². The number of ether oxygens (including phenoxy) is 3. The van der Waals surface area contributed by atoms with Crippen molar-refractivity contribution in [3.05, 3.63) is 71.5 Å². The highest BCUT2D eigenvalue weighted by atomic mass is 16.5. The lowest BCUT2D eigenvalue weighted by molar-refractivity contribution is -0.120. The molecular weight excluding hydrogens is 370 g/mol. The van der Waals surface area contributed by atoms with Crippen molar-refractivity contribution in [1.29, 1.82) is 0 Å². The summed E-state index contributed by atoms with van der Waals surface area (Å²) >= 11 is 0. The molecule has 0 spiro atoms. The minimum absolute atomic E-state index is 0.101. The molecule has 0 bridgehead atoms. The molecule has 1 N–H and O–H groups in total. The van der Waals surface area contributed by atoms with Crippen molar-refractivity contribution in [2.75, 3.05) is 21.3 Å². The summed E-state index contributed by atoms with van der Waals surface area (Å²) in [5.74, 6) is 1.44. The van der Waals surface area contributed by atoms with E-state index in [4.69, 9.17) is 14.2 Å². The Kier molecular flexibility index (Phi) is 6.73. The van der Waals surface area contributed by atoms with Gasteiger partial charge in [-0.05, 0) is 23.3 Å². The summed E-state index contributed by atoms with van der Waals surface area (Å²) in [7, 11) is 4.65. The topological polar surface area (TPSA) is 74.6 Å². The van der Waals surface area contributed by atoms with Gasteiger partial charge in [-0.25, -0.2) is 0 Å². The van der Waals surface area contributed by atoms with Crippen molar-refractivity contribution >= 4 is 5.91 Å². The predicted molar refractivity (Wildman–Crippen MR) is 109 cm³/mol. The first-order chi connectivity index (χ1) is 14.1. The van der Waals surface area contributed by atoms with Crippen LogP contribution in [-0.2, 0) is 24.3 Å². The minimum Gasteiger partial charge on any atom is -0.493 e. The highest BCUT2D eigenvalue weighted by Crippen LogP contribution is 2.39. The van der Waals surface area contributed by atoms with Crippen molar-refractivity contribution in [3.63, 3.8) is 0 Å². The average Bonchev–Trinajstić information content (AvgIpc) is 3.25. The molecule has 0 unspecified atom stereocenters. The number of nitrogens with zero attached hydrogens (tertiary/aromatic N) is 2. The van der Waals surface area contributed by atoms with Gasteiger partial charge in [0.1, 0.15) is 0 Å². The summed E-state index contributed by atoms with van der Waals surface area (Å²) < 4.78 is 18.0. The summed E-state index contributed by atoms with van der Waals surface area (Å²) in [4.78, 5) is 12.4. The molecule has 1 aromatic heterocycles. The van der Waals surface area contributed by atoms with E-state index in [-0.39, 0.29) is 12.3 Å². The molecule has 1 amide bonds. The molecule has 7 nitrogen and oxygen atoms in total. The zero-order valence-corrected chi connectivity index (χ0v) is 16.8. The third kappa shape index (κ3) is 5.07. The van der Waals surface area contributed by atoms with E-state index in [9.17, 15) is 4.79 Å². The number of aromatic nitrogens is 2. The van der Waals surface area contributed by atoms with Gasteiger partial charge in [0, 0.05) is 24.5 Å². The maximum atomic E-state index is 12.4. The molecular formula is C22H25N3O4. The highest BCUT2D eigenvalue weighted by Gasteiger charge is 2.17. The van der Waals surface area contributed by atoms with Crippen LogP contribution in [0.4, 0.5) is 0 Å². The minimum atomic E-state index is -0.101. The highest BCUT2D eigenvalue weighted by molar-refractivity contribution is 5.80. The van der Waals surface area contributed by atoms with Crippen LogP contribution in [-0.4, -0.2) is 37.0 Å². The van der Waals surface area contributed by atoms with E-state index in [0.29, 0.717) is 23.8 Å². The van der Waals surface area contributed by atoms with Crippen LogP contribution in [0, 0.1) is 0 Å². The van der Waals surface area contributed by atoms with E-state index in [1.165, 1.54) is 0 Å². The van der Waals surface area contributed by atoms with Gasteiger partial charge in [-0.2, -0.15) is 5.10 Å². The van der Waals surface area contributed by atoms with E-state index >= 15 is 0 Å². The molecule has 0 saturated carbocycles. The van der Waals surface area contributed by atoms with Crippen LogP contribution in [0.2, 0.25) is 0 Å². The first-order valence-corrected chi connectivity index (χ1v) is 9.24. The monoisotopic (exact) mass is 395 g/mol. The molecule has 0 aliphatic carbocycles. The first kappa shape index (κ1) is 20.3. The van der Waals surface area contributed by atoms with E-state index in [1.807, 2.05) is 47.3 Å². The molecule has 0 radical (unpaired) electrons. The summed E-state index contributed by atoms with van der Waals surface area (Å²) in [5, 5.41) is 7.15. The lowest BCUT2D eigenvalue weighted by atomic mass is 10.1. The average molecular weight is 395 g/mol. The molecule has 0 atom stereocenters. The number of benzene rings is 2. The second kappa shape index (κ2) is 9.64. The van der Waals surface area contributed by atoms with Crippen LogP contribution in [0.15, 0.2) is 54.9 Å². The van der Waals surface area contributed by atoms with Crippen LogP contribution in [0.5, 0.6) is 17.2 Å². The van der Waals surface area contributed by atoms with Gasteiger partial charge < -0.3 is 19.5 Å². The normalized spacial score (nSPS) is 10.4. The molecule has 7 heteroatoms. The summed E-state index contributed by atoms with van der Waals surface area (Å²) in [6.07, 6.45) is 3.87. The molecule has 29 heavy (non-hydrogen) atoms. The van der Waals surface area contributed by atoms with Gasteiger partial charge in [0.25, 0.3) is 0 Å². The van der Waals surface area contributed by atoms with Crippen molar-refractivity contribution in [1.82, 2.24) is 15.1 Å². The van der Waals surface area contributed by atoms with Crippen LogP contribution < -0.4 is 19.5 Å². The Morgan fingerprint density at radius 1 is 0.966 bits per heavy atom. The van der Waals surface area contributed by atoms with Crippen LogP contribution in [0.25, 0.3) is 0 Å². The standard InChI is InChI=1S/C22H25N3O4/c1-27-19-10-9-18(21(28-2)22(19)29-3)13-20(26)23-14-16-5-7-17(8-6-16)15-25-12-4-11-24-25/h4-12H,13-15H2,1-3H3,(H,23,26). The Labute approximate surface area is 170 Å². The fourth-order valence-electron chi connectivity index (χ4n) is 3.08. The fraction of sp³-hybridized carbons (Fsp3) is 0.273. The summed E-state index contributed by atoms with van der Waals surface area (Å²) in [5.41, 5.74) is 2.91. The summed E-state index contributed by atoms with van der Waals surface area (Å²) in [6.45, 7) is 1.18. The molecule has 3 aromatic rings. The van der Waals surface area contributed by atoms with Crippen LogP contribution in [0.3, 0.4) is 0 Å². The first-order valence-electron chi connectivity index (χ1n) is 9.24. The van der Waals surface area contributed by atoms with Crippen molar-refractivity contribution in [2.45, 2.75) is 19.5 Å². The second-order valence-corrected chi connectivity index (χ2v) is 6.47. The van der Waals surface area contributed by atoms with E-state index in [0.717, 1.165) is 23.2 Å². The zero-order valence-electron chi connectivity index (χ0n) is 16.8. The van der Waals surface area contributed by atoms with Crippen molar-refractivity contribution in [3.8, 4) is 17.2 Å². The molecule has 0 saturated heterocycles. The molecule has 3 rings (SSSR count). The predicted octanol–water partition coefficient (Wildman–Crippen LogP) is 2.82. The molecule has 1 heterocycles. The molecule has 0 fully saturated rings. The van der Waals surface area contributed by atoms with Crippen LogP contribution >= 0.6 is 0 Å². The van der Waals surface area contributed by atoms with E-state index < -0.39 is 0 Å². The third-order valence-electron chi connectivity index (χ3n) is 4.55. The van der Waals surface area contributed by atoms with E-state index in [1.54, 1.807) is 33.6 Å². The maximum Gasteiger partial charge on any atom is 0.224 e. The van der Waals surface area contributed by atoms with Gasteiger partial charge in [0.05, 0.1) is 34.3 Å². The molecule has 0 aliphatic heterocycles. The molecule has 0 aliphatic rings. The van der Waals surface area contributed by atoms with Gasteiger partial charge >= 0.3 is 0 Å². The maximum absolute atomic E-state index is 12.4. The van der Waals surface area contributed by atoms with Gasteiger partial charge in [0.2, 0.25) is 11.7 Å². The Hall–Kier alpha value is -3.48. The quantitative estimate of drug-likeness (QED) is 0.603. The smallest absolute Gasteiger partial charge is 0.224 e. The molecule has 2 aromatic carbocycles. The number of nitrogens with one attached hydrogen (secondary N) is 1. The number of carbonyl (C=O) groups excluding carboxylic acids is 1. The zero-order chi connectivity index (χ0) is 20.6.